The summed E-state index contributed by atoms with van der Waals surface area (Å²) in [5.41, 5.74) is 1.15. The Bertz CT molecular complexity index is 1220. The quantitative estimate of drug-likeness (QED) is 0.297. The molecule has 3 aromatic heterocycles. The van der Waals surface area contributed by atoms with Gasteiger partial charge in [-0.3, -0.25) is 0 Å². The number of nitrogens with zero attached hydrogens (tertiary/aromatic N) is 2. The molecule has 7 nitrogen and oxygen atoms in total. The molecule has 0 aliphatic rings. The zero-order valence-electron chi connectivity index (χ0n) is 18.8. The van der Waals surface area contributed by atoms with Crippen LogP contribution in [-0.4, -0.2) is 29.1 Å². The molecule has 3 aromatic rings. The third-order valence-corrected chi connectivity index (χ3v) is 7.16. The van der Waals surface area contributed by atoms with Gasteiger partial charge in [0.25, 0.3) is 0 Å². The number of anilines is 1. The van der Waals surface area contributed by atoms with Crippen molar-refractivity contribution in [2.24, 2.45) is 0 Å². The largest absolute Gasteiger partial charge is 0.462 e. The maximum atomic E-state index is 12.7. The lowest BCUT2D eigenvalue weighted by Gasteiger charge is -2.19. The van der Waals surface area contributed by atoms with E-state index in [1.807, 2.05) is 22.9 Å². The second-order valence-corrected chi connectivity index (χ2v) is 10.6. The molecule has 33 heavy (non-hydrogen) atoms. The van der Waals surface area contributed by atoms with Crippen LogP contribution in [0.5, 0.6) is 0 Å². The molecule has 0 fully saturated rings. The van der Waals surface area contributed by atoms with Crippen molar-refractivity contribution in [1.82, 2.24) is 4.98 Å². The van der Waals surface area contributed by atoms with Gasteiger partial charge in [-0.25, -0.2) is 14.6 Å². The Morgan fingerprint density at radius 2 is 2.03 bits per heavy atom. The molecular weight excluding hydrogens is 478 g/mol. The number of thiazole rings is 1. The van der Waals surface area contributed by atoms with Gasteiger partial charge in [-0.05, 0) is 51.6 Å². The first kappa shape index (κ1) is 24.6. The number of esters is 2. The van der Waals surface area contributed by atoms with Gasteiger partial charge in [0.1, 0.15) is 32.1 Å². The average molecular weight is 502 g/mol. The summed E-state index contributed by atoms with van der Waals surface area (Å²) in [6, 6.07) is 6.06. The highest BCUT2D eigenvalue weighted by atomic mass is 32.1. The van der Waals surface area contributed by atoms with Crippen LogP contribution in [0.4, 0.5) is 5.00 Å². The third-order valence-electron chi connectivity index (χ3n) is 4.19. The summed E-state index contributed by atoms with van der Waals surface area (Å²) in [4.78, 5) is 31.2. The second kappa shape index (κ2) is 10.3. The van der Waals surface area contributed by atoms with Gasteiger partial charge in [-0.1, -0.05) is 6.07 Å². The molecule has 0 spiro atoms. The van der Waals surface area contributed by atoms with Crippen LogP contribution in [0.2, 0.25) is 0 Å². The predicted octanol–water partition coefficient (Wildman–Crippen LogP) is 6.35. The van der Waals surface area contributed by atoms with Gasteiger partial charge < -0.3 is 14.8 Å². The standard InChI is InChI=1S/C23H23N3O4S3/c1-6-29-21(27)17-13(2)18(22(28)30-23(3,4)5)33-20(17)25-11-14(10-24)19-26-15(12-32-19)16-8-7-9-31-16/h7-9,11-12,25H,6H2,1-5H3. The second-order valence-electron chi connectivity index (χ2n) is 7.81. The normalized spacial score (nSPS) is 11.7. The molecule has 3 rings (SSSR count). The summed E-state index contributed by atoms with van der Waals surface area (Å²) in [6.07, 6.45) is 1.49. The van der Waals surface area contributed by atoms with Gasteiger partial charge in [0.15, 0.2) is 0 Å². The molecule has 0 saturated carbocycles. The molecule has 0 saturated heterocycles. The maximum absolute atomic E-state index is 12.7. The zero-order chi connectivity index (χ0) is 24.2. The number of carbonyl (C=O) groups is 2. The lowest BCUT2D eigenvalue weighted by atomic mass is 10.1. The number of hydrogen-bond acceptors (Lipinski definition) is 10. The Labute approximate surface area is 204 Å². The number of nitrogens with one attached hydrogen (secondary N) is 1. The Balaban J connectivity index is 1.94. The maximum Gasteiger partial charge on any atom is 0.349 e. The molecule has 3 heterocycles. The van der Waals surface area contributed by atoms with Crippen LogP contribution < -0.4 is 5.32 Å². The molecule has 172 valence electrons. The number of carbonyl (C=O) groups excluding carboxylic acids is 2. The van der Waals surface area contributed by atoms with Crippen LogP contribution in [0.3, 0.4) is 0 Å². The van der Waals surface area contributed by atoms with Crippen molar-refractivity contribution in [3.63, 3.8) is 0 Å². The van der Waals surface area contributed by atoms with E-state index < -0.39 is 17.5 Å². The molecular formula is C23H23N3O4S3. The van der Waals surface area contributed by atoms with E-state index in [0.717, 1.165) is 21.9 Å². The summed E-state index contributed by atoms with van der Waals surface area (Å²) in [5.74, 6) is -1.07. The molecule has 0 aliphatic heterocycles. The van der Waals surface area contributed by atoms with Crippen LogP contribution in [0.1, 0.15) is 58.3 Å². The monoisotopic (exact) mass is 501 g/mol. The molecule has 0 atom stereocenters. The van der Waals surface area contributed by atoms with Gasteiger partial charge in [0, 0.05) is 11.6 Å². The van der Waals surface area contributed by atoms with Gasteiger partial charge in [0.2, 0.25) is 0 Å². The van der Waals surface area contributed by atoms with Gasteiger partial charge in [0.05, 0.1) is 22.7 Å². The lowest BCUT2D eigenvalue weighted by molar-refractivity contribution is 0.00745. The number of allylic oxidation sites excluding steroid dienone is 1. The van der Waals surface area contributed by atoms with Crippen molar-refractivity contribution in [2.75, 3.05) is 11.9 Å². The Kier molecular flexibility index (Phi) is 7.68. The molecule has 0 unspecified atom stereocenters. The fourth-order valence-corrected chi connectivity index (χ4v) is 5.38. The van der Waals surface area contributed by atoms with E-state index >= 15 is 0 Å². The first-order chi connectivity index (χ1) is 15.6. The zero-order valence-corrected chi connectivity index (χ0v) is 21.3. The number of aromatic nitrogens is 1. The third kappa shape index (κ3) is 5.87. The minimum Gasteiger partial charge on any atom is -0.462 e. The van der Waals surface area contributed by atoms with E-state index in [1.54, 1.807) is 46.0 Å². The van der Waals surface area contributed by atoms with Crippen LogP contribution in [0.15, 0.2) is 29.1 Å². The molecule has 0 aromatic carbocycles. The van der Waals surface area contributed by atoms with Crippen molar-refractivity contribution in [3.05, 3.63) is 50.1 Å². The van der Waals surface area contributed by atoms with E-state index in [9.17, 15) is 14.9 Å². The van der Waals surface area contributed by atoms with Crippen LogP contribution in [0.25, 0.3) is 16.1 Å². The Hall–Kier alpha value is -3.00. The molecule has 0 radical (unpaired) electrons. The average Bonchev–Trinajstić information content (AvgIpc) is 3.47. The topological polar surface area (TPSA) is 101 Å². The van der Waals surface area contributed by atoms with E-state index in [4.69, 9.17) is 9.47 Å². The minimum absolute atomic E-state index is 0.194. The number of ether oxygens (including phenoxy) is 2. The van der Waals surface area contributed by atoms with E-state index in [-0.39, 0.29) is 12.2 Å². The predicted molar refractivity (Wildman–Crippen MR) is 133 cm³/mol. The number of rotatable bonds is 7. The van der Waals surface area contributed by atoms with Crippen LogP contribution in [-0.2, 0) is 9.47 Å². The molecule has 0 bridgehead atoms. The van der Waals surface area contributed by atoms with Crippen molar-refractivity contribution < 1.29 is 19.1 Å². The Morgan fingerprint density at radius 1 is 1.27 bits per heavy atom. The van der Waals surface area contributed by atoms with E-state index in [1.165, 1.54) is 17.5 Å². The number of thiophene rings is 2. The summed E-state index contributed by atoms with van der Waals surface area (Å²) in [6.45, 7) is 8.91. The SMILES string of the molecule is CCOC(=O)c1c(NC=C(C#N)c2nc(-c3cccs3)cs2)sc(C(=O)OC(C)(C)C)c1C. The van der Waals surface area contributed by atoms with Gasteiger partial charge in [-0.2, -0.15) is 5.26 Å². The van der Waals surface area contributed by atoms with Crippen molar-refractivity contribution in [1.29, 1.82) is 5.26 Å². The summed E-state index contributed by atoms with van der Waals surface area (Å²) in [7, 11) is 0. The highest BCUT2D eigenvalue weighted by Crippen LogP contribution is 2.36. The van der Waals surface area contributed by atoms with Crippen molar-refractivity contribution in [3.8, 4) is 16.6 Å². The molecule has 10 heteroatoms. The number of nitriles is 1. The van der Waals surface area contributed by atoms with Crippen LogP contribution in [0, 0.1) is 18.3 Å². The van der Waals surface area contributed by atoms with Crippen molar-refractivity contribution in [2.45, 2.75) is 40.2 Å². The fraction of sp³-hybridized carbons (Fsp3) is 0.304. The summed E-state index contributed by atoms with van der Waals surface area (Å²) < 4.78 is 10.7. The molecule has 0 amide bonds. The first-order valence-electron chi connectivity index (χ1n) is 10.0. The lowest BCUT2D eigenvalue weighted by Crippen LogP contribution is -2.23. The van der Waals surface area contributed by atoms with Crippen LogP contribution >= 0.6 is 34.0 Å². The minimum atomic E-state index is -0.676. The van der Waals surface area contributed by atoms with Crippen molar-refractivity contribution >= 4 is 56.5 Å². The summed E-state index contributed by atoms with van der Waals surface area (Å²) >= 11 is 4.01. The summed E-state index contributed by atoms with van der Waals surface area (Å²) in [5, 5.41) is 17.5. The van der Waals surface area contributed by atoms with Gasteiger partial charge in [-0.15, -0.1) is 34.0 Å². The fourth-order valence-electron chi connectivity index (χ4n) is 2.80. The highest BCUT2D eigenvalue weighted by molar-refractivity contribution is 7.18. The molecule has 1 N–H and O–H groups in total. The number of hydrogen-bond donors (Lipinski definition) is 1. The van der Waals surface area contributed by atoms with E-state index in [0.29, 0.717) is 26.0 Å². The smallest absolute Gasteiger partial charge is 0.349 e. The highest BCUT2D eigenvalue weighted by Gasteiger charge is 2.28. The molecule has 0 aliphatic carbocycles. The van der Waals surface area contributed by atoms with E-state index in [2.05, 4.69) is 16.4 Å². The Morgan fingerprint density at radius 3 is 2.64 bits per heavy atom. The first-order valence-corrected chi connectivity index (χ1v) is 12.6. The van der Waals surface area contributed by atoms with Gasteiger partial charge >= 0.3 is 11.9 Å².